The standard InChI is InChI=1S/C14H18FN3O/c1-3-14(2)9-17-5-4-12(18(17)13(14)19)10-6-11(15)8-16-7-10/h6-8,12H,3-5,9H2,1-2H3/t12-,14?/m0/s1. The molecule has 0 aromatic carbocycles. The van der Waals surface area contributed by atoms with Gasteiger partial charge in [-0.05, 0) is 31.4 Å². The van der Waals surface area contributed by atoms with E-state index in [2.05, 4.69) is 9.99 Å². The second kappa shape index (κ2) is 4.27. The van der Waals surface area contributed by atoms with Gasteiger partial charge in [-0.25, -0.2) is 9.40 Å². The van der Waals surface area contributed by atoms with E-state index in [1.165, 1.54) is 12.3 Å². The molecule has 2 aliphatic rings. The van der Waals surface area contributed by atoms with Crippen LogP contribution in [0.4, 0.5) is 4.39 Å². The van der Waals surface area contributed by atoms with E-state index in [-0.39, 0.29) is 23.2 Å². The summed E-state index contributed by atoms with van der Waals surface area (Å²) in [6.45, 7) is 5.67. The minimum atomic E-state index is -0.346. The van der Waals surface area contributed by atoms with Gasteiger partial charge in [0.05, 0.1) is 17.7 Å². The van der Waals surface area contributed by atoms with Crippen molar-refractivity contribution in [2.24, 2.45) is 5.41 Å². The number of amides is 1. The Morgan fingerprint density at radius 3 is 3.00 bits per heavy atom. The van der Waals surface area contributed by atoms with Crippen LogP contribution in [0.15, 0.2) is 18.5 Å². The highest BCUT2D eigenvalue weighted by Gasteiger charge is 2.51. The summed E-state index contributed by atoms with van der Waals surface area (Å²) in [6, 6.07) is 1.42. The maximum Gasteiger partial charge on any atom is 0.244 e. The van der Waals surface area contributed by atoms with Gasteiger partial charge in [-0.1, -0.05) is 6.92 Å². The molecule has 2 atom stereocenters. The van der Waals surface area contributed by atoms with Crippen molar-refractivity contribution in [2.75, 3.05) is 13.1 Å². The van der Waals surface area contributed by atoms with E-state index in [0.717, 1.165) is 31.5 Å². The van der Waals surface area contributed by atoms with Crippen LogP contribution >= 0.6 is 0 Å². The lowest BCUT2D eigenvalue weighted by Gasteiger charge is -2.26. The second-order valence-electron chi connectivity index (χ2n) is 5.69. The molecular weight excluding hydrogens is 245 g/mol. The number of carbonyl (C=O) groups excluding carboxylic acids is 1. The third kappa shape index (κ3) is 1.84. The van der Waals surface area contributed by atoms with E-state index in [9.17, 15) is 9.18 Å². The van der Waals surface area contributed by atoms with Crippen molar-refractivity contribution < 1.29 is 9.18 Å². The van der Waals surface area contributed by atoms with Crippen LogP contribution in [0.25, 0.3) is 0 Å². The van der Waals surface area contributed by atoms with E-state index in [1.54, 1.807) is 6.20 Å². The number of carbonyl (C=O) groups is 1. The normalized spacial score (nSPS) is 31.0. The number of rotatable bonds is 2. The Hall–Kier alpha value is -1.49. The fourth-order valence-electron chi connectivity index (χ4n) is 3.05. The first-order chi connectivity index (χ1) is 9.05. The molecule has 0 spiro atoms. The van der Waals surface area contributed by atoms with Crippen LogP contribution in [0.3, 0.4) is 0 Å². The van der Waals surface area contributed by atoms with Crippen LogP contribution in [0.5, 0.6) is 0 Å². The maximum atomic E-state index is 13.3. The van der Waals surface area contributed by atoms with Gasteiger partial charge >= 0.3 is 0 Å². The quantitative estimate of drug-likeness (QED) is 0.820. The predicted octanol–water partition coefficient (Wildman–Crippen LogP) is 2.14. The summed E-state index contributed by atoms with van der Waals surface area (Å²) in [6.07, 6.45) is 4.52. The Morgan fingerprint density at radius 1 is 1.53 bits per heavy atom. The first-order valence-electron chi connectivity index (χ1n) is 6.74. The number of nitrogens with zero attached hydrogens (tertiary/aromatic N) is 3. The molecule has 2 fully saturated rings. The van der Waals surface area contributed by atoms with E-state index in [1.807, 2.05) is 18.9 Å². The molecule has 0 saturated carbocycles. The van der Waals surface area contributed by atoms with Gasteiger partial charge in [0.1, 0.15) is 5.82 Å². The smallest absolute Gasteiger partial charge is 0.244 e. The number of hydrazine groups is 1. The number of hydrogen-bond acceptors (Lipinski definition) is 3. The van der Waals surface area contributed by atoms with Gasteiger partial charge in [0, 0.05) is 19.3 Å². The minimum Gasteiger partial charge on any atom is -0.273 e. The fourth-order valence-corrected chi connectivity index (χ4v) is 3.05. The van der Waals surface area contributed by atoms with Crippen molar-refractivity contribution in [2.45, 2.75) is 32.7 Å². The van der Waals surface area contributed by atoms with Crippen LogP contribution in [-0.2, 0) is 4.79 Å². The highest BCUT2D eigenvalue weighted by Crippen LogP contribution is 2.43. The Labute approximate surface area is 112 Å². The van der Waals surface area contributed by atoms with Crippen molar-refractivity contribution in [3.63, 3.8) is 0 Å². The molecule has 1 aromatic rings. The monoisotopic (exact) mass is 263 g/mol. The van der Waals surface area contributed by atoms with Crippen molar-refractivity contribution in [3.8, 4) is 0 Å². The van der Waals surface area contributed by atoms with E-state index in [0.29, 0.717) is 0 Å². The Balaban J connectivity index is 1.92. The van der Waals surface area contributed by atoms with Crippen LogP contribution in [-0.4, -0.2) is 34.0 Å². The summed E-state index contributed by atoms with van der Waals surface area (Å²) in [5, 5.41) is 3.92. The molecule has 0 bridgehead atoms. The lowest BCUT2D eigenvalue weighted by molar-refractivity contribution is -0.142. The number of fused-ring (bicyclic) bond motifs is 1. The summed E-state index contributed by atoms with van der Waals surface area (Å²) < 4.78 is 13.3. The molecule has 5 heteroatoms. The minimum absolute atomic E-state index is 0.0657. The number of aromatic nitrogens is 1. The van der Waals surface area contributed by atoms with Gasteiger partial charge in [0.15, 0.2) is 0 Å². The molecule has 3 rings (SSSR count). The van der Waals surface area contributed by atoms with E-state index >= 15 is 0 Å². The number of pyridine rings is 1. The lowest BCUT2D eigenvalue weighted by Crippen LogP contribution is -2.36. The summed E-state index contributed by atoms with van der Waals surface area (Å²) >= 11 is 0. The van der Waals surface area contributed by atoms with E-state index in [4.69, 9.17) is 0 Å². The van der Waals surface area contributed by atoms with Crippen LogP contribution < -0.4 is 0 Å². The molecular formula is C14H18FN3O. The molecule has 2 saturated heterocycles. The van der Waals surface area contributed by atoms with Crippen molar-refractivity contribution >= 4 is 5.91 Å². The topological polar surface area (TPSA) is 36.4 Å². The first-order valence-corrected chi connectivity index (χ1v) is 6.74. The first kappa shape index (κ1) is 12.5. The van der Waals surface area contributed by atoms with Gasteiger partial charge in [0.2, 0.25) is 5.91 Å². The van der Waals surface area contributed by atoms with Gasteiger partial charge in [0.25, 0.3) is 0 Å². The largest absolute Gasteiger partial charge is 0.273 e. The molecule has 0 radical (unpaired) electrons. The zero-order chi connectivity index (χ0) is 13.6. The third-order valence-corrected chi connectivity index (χ3v) is 4.41. The molecule has 1 amide bonds. The van der Waals surface area contributed by atoms with Crippen LogP contribution in [0, 0.1) is 11.2 Å². The molecule has 3 heterocycles. The summed E-state index contributed by atoms with van der Waals surface area (Å²) in [5.41, 5.74) is 0.482. The molecule has 4 nitrogen and oxygen atoms in total. The zero-order valence-electron chi connectivity index (χ0n) is 11.3. The molecule has 2 aliphatic heterocycles. The second-order valence-corrected chi connectivity index (χ2v) is 5.69. The predicted molar refractivity (Wildman–Crippen MR) is 68.4 cm³/mol. The molecule has 1 unspecified atom stereocenters. The average molecular weight is 263 g/mol. The molecule has 0 N–H and O–H groups in total. The Bertz CT molecular complexity index is 521. The number of hydrogen-bond donors (Lipinski definition) is 0. The summed E-state index contributed by atoms with van der Waals surface area (Å²) in [7, 11) is 0. The zero-order valence-corrected chi connectivity index (χ0v) is 11.3. The summed E-state index contributed by atoms with van der Waals surface area (Å²) in [4.78, 5) is 16.5. The molecule has 102 valence electrons. The van der Waals surface area contributed by atoms with Crippen molar-refractivity contribution in [3.05, 3.63) is 29.8 Å². The maximum absolute atomic E-state index is 13.3. The molecule has 19 heavy (non-hydrogen) atoms. The van der Waals surface area contributed by atoms with Gasteiger partial charge in [-0.2, -0.15) is 0 Å². The van der Waals surface area contributed by atoms with Crippen molar-refractivity contribution in [1.82, 2.24) is 15.0 Å². The van der Waals surface area contributed by atoms with Crippen molar-refractivity contribution in [1.29, 1.82) is 0 Å². The highest BCUT2D eigenvalue weighted by molar-refractivity contribution is 5.84. The Kier molecular flexibility index (Phi) is 2.82. The number of halogens is 1. The molecule has 0 aliphatic carbocycles. The van der Waals surface area contributed by atoms with Crippen LogP contribution in [0.1, 0.15) is 38.3 Å². The van der Waals surface area contributed by atoms with Gasteiger partial charge in [-0.3, -0.25) is 14.8 Å². The SMILES string of the molecule is CCC1(C)CN2CC[C@@H](c3cncc(F)c3)N2C1=O. The fraction of sp³-hybridized carbons (Fsp3) is 0.571. The highest BCUT2D eigenvalue weighted by atomic mass is 19.1. The van der Waals surface area contributed by atoms with E-state index < -0.39 is 0 Å². The Morgan fingerprint density at radius 2 is 2.32 bits per heavy atom. The van der Waals surface area contributed by atoms with Crippen LogP contribution in [0.2, 0.25) is 0 Å². The van der Waals surface area contributed by atoms with Gasteiger partial charge < -0.3 is 0 Å². The molecule has 1 aromatic heterocycles. The lowest BCUT2D eigenvalue weighted by atomic mass is 9.87. The third-order valence-electron chi connectivity index (χ3n) is 4.41. The summed E-state index contributed by atoms with van der Waals surface area (Å²) in [5.74, 6) is -0.192. The van der Waals surface area contributed by atoms with Gasteiger partial charge in [-0.15, -0.1) is 0 Å². The average Bonchev–Trinajstić information content (AvgIpc) is 2.90.